The highest BCUT2D eigenvalue weighted by Crippen LogP contribution is 2.33. The Morgan fingerprint density at radius 2 is 2.21 bits per heavy atom. The van der Waals surface area contributed by atoms with Gasteiger partial charge in [-0.05, 0) is 45.4 Å². The van der Waals surface area contributed by atoms with E-state index in [0.717, 1.165) is 13.0 Å². The number of aromatic nitrogens is 2. The summed E-state index contributed by atoms with van der Waals surface area (Å²) in [5, 5.41) is 0. The molecule has 0 spiro atoms. The Balaban J connectivity index is 1.95. The molecule has 1 aromatic carbocycles. The maximum atomic E-state index is 13.9. The fourth-order valence-corrected chi connectivity index (χ4v) is 3.37. The van der Waals surface area contributed by atoms with Crippen LogP contribution in [0.5, 0.6) is 11.5 Å². The summed E-state index contributed by atoms with van der Waals surface area (Å²) in [5.74, 6) is 0.510. The maximum absolute atomic E-state index is 13.9. The van der Waals surface area contributed by atoms with Gasteiger partial charge >= 0.3 is 0 Å². The molecule has 1 aliphatic rings. The average molecular weight is 387 g/mol. The molecule has 2 heterocycles. The van der Waals surface area contributed by atoms with E-state index >= 15 is 0 Å². The summed E-state index contributed by atoms with van der Waals surface area (Å²) in [7, 11) is 0. The molecule has 0 aliphatic carbocycles. The lowest BCUT2D eigenvalue weighted by atomic mass is 10.1. The van der Waals surface area contributed by atoms with Crippen molar-refractivity contribution in [2.24, 2.45) is 5.73 Å². The minimum Gasteiger partial charge on any atom is -0.451 e. The molecule has 1 saturated heterocycles. The molecule has 1 aromatic heterocycles. The van der Waals surface area contributed by atoms with Gasteiger partial charge in [-0.1, -0.05) is 0 Å². The number of halogens is 1. The number of hydrogen-bond acceptors (Lipinski definition) is 6. The number of benzene rings is 1. The van der Waals surface area contributed by atoms with Crippen LogP contribution in [0.25, 0.3) is 0 Å². The molecule has 0 saturated carbocycles. The third-order valence-electron chi connectivity index (χ3n) is 4.80. The fraction of sp³-hybridized carbons (Fsp3) is 0.450. The van der Waals surface area contributed by atoms with Gasteiger partial charge in [0.2, 0.25) is 0 Å². The average Bonchev–Trinajstić information content (AvgIpc) is 3.10. The van der Waals surface area contributed by atoms with Crippen LogP contribution in [0.4, 0.5) is 10.2 Å². The number of rotatable bonds is 6. The standard InChI is InChI=1S/C20H26FN5O2/c1-4-26(13(2)3)20(27)16-9-14(21)5-6-17(16)28-18-10-23-12-24-19(18)25-8-7-15(22)11-25/h5-6,9-10,12-13,15H,4,7-8,11,22H2,1-3H3/t15-/m0/s1. The molecular weight excluding hydrogens is 361 g/mol. The fourth-order valence-electron chi connectivity index (χ4n) is 3.37. The van der Waals surface area contributed by atoms with Gasteiger partial charge in [0.25, 0.3) is 5.91 Å². The second-order valence-corrected chi connectivity index (χ2v) is 7.13. The van der Waals surface area contributed by atoms with Gasteiger partial charge in [0.15, 0.2) is 11.6 Å². The van der Waals surface area contributed by atoms with Gasteiger partial charge in [0, 0.05) is 31.7 Å². The zero-order valence-electron chi connectivity index (χ0n) is 16.4. The summed E-state index contributed by atoms with van der Waals surface area (Å²) in [5.41, 5.74) is 6.17. The summed E-state index contributed by atoms with van der Waals surface area (Å²) >= 11 is 0. The number of ether oxygens (including phenoxy) is 1. The van der Waals surface area contributed by atoms with Gasteiger partial charge < -0.3 is 20.3 Å². The predicted octanol–water partition coefficient (Wildman–Crippen LogP) is 2.82. The Bertz CT molecular complexity index is 845. The zero-order chi connectivity index (χ0) is 20.3. The molecule has 8 heteroatoms. The Morgan fingerprint density at radius 1 is 1.43 bits per heavy atom. The SMILES string of the molecule is CCN(C(=O)c1cc(F)ccc1Oc1cncnc1N1CC[C@H](N)C1)C(C)C. The molecule has 0 bridgehead atoms. The first-order valence-electron chi connectivity index (χ1n) is 9.49. The number of nitrogens with zero attached hydrogens (tertiary/aromatic N) is 4. The molecule has 1 aliphatic heterocycles. The Kier molecular flexibility index (Phi) is 6.08. The van der Waals surface area contributed by atoms with E-state index in [4.69, 9.17) is 10.5 Å². The van der Waals surface area contributed by atoms with Crippen molar-refractivity contribution in [3.63, 3.8) is 0 Å². The van der Waals surface area contributed by atoms with Crippen molar-refractivity contribution in [2.75, 3.05) is 24.5 Å². The highest BCUT2D eigenvalue weighted by Gasteiger charge is 2.26. The first kappa shape index (κ1) is 20.0. The van der Waals surface area contributed by atoms with Gasteiger partial charge in [-0.25, -0.2) is 14.4 Å². The van der Waals surface area contributed by atoms with Crippen molar-refractivity contribution in [1.82, 2.24) is 14.9 Å². The van der Waals surface area contributed by atoms with Crippen molar-refractivity contribution < 1.29 is 13.9 Å². The topological polar surface area (TPSA) is 84.6 Å². The van der Waals surface area contributed by atoms with E-state index in [1.807, 2.05) is 25.7 Å². The van der Waals surface area contributed by atoms with Crippen molar-refractivity contribution in [1.29, 1.82) is 0 Å². The van der Waals surface area contributed by atoms with E-state index in [2.05, 4.69) is 9.97 Å². The second kappa shape index (κ2) is 8.52. The lowest BCUT2D eigenvalue weighted by Gasteiger charge is -2.26. The van der Waals surface area contributed by atoms with Crippen LogP contribution in [0.2, 0.25) is 0 Å². The minimum absolute atomic E-state index is 0.0182. The van der Waals surface area contributed by atoms with Crippen LogP contribution in [-0.4, -0.2) is 52.5 Å². The number of hydrogen-bond donors (Lipinski definition) is 1. The first-order chi connectivity index (χ1) is 13.4. The van der Waals surface area contributed by atoms with Crippen molar-refractivity contribution >= 4 is 11.7 Å². The molecule has 2 aromatic rings. The van der Waals surface area contributed by atoms with E-state index in [0.29, 0.717) is 24.7 Å². The summed E-state index contributed by atoms with van der Waals surface area (Å²) in [6.07, 6.45) is 3.85. The second-order valence-electron chi connectivity index (χ2n) is 7.13. The number of carbonyl (C=O) groups is 1. The van der Waals surface area contributed by atoms with Gasteiger partial charge in [0.05, 0.1) is 11.8 Å². The van der Waals surface area contributed by atoms with Crippen molar-refractivity contribution in [2.45, 2.75) is 39.3 Å². The first-order valence-corrected chi connectivity index (χ1v) is 9.49. The zero-order valence-corrected chi connectivity index (χ0v) is 16.4. The predicted molar refractivity (Wildman–Crippen MR) is 105 cm³/mol. The number of carbonyl (C=O) groups excluding carboxylic acids is 1. The molecule has 1 amide bonds. The number of anilines is 1. The third kappa shape index (κ3) is 4.22. The molecular formula is C20H26FN5O2. The largest absolute Gasteiger partial charge is 0.451 e. The smallest absolute Gasteiger partial charge is 0.257 e. The van der Waals surface area contributed by atoms with Crippen molar-refractivity contribution in [3.8, 4) is 11.5 Å². The molecule has 2 N–H and O–H groups in total. The summed E-state index contributed by atoms with van der Waals surface area (Å²) in [4.78, 5) is 25.0. The van der Waals surface area contributed by atoms with Crippen LogP contribution in [0.3, 0.4) is 0 Å². The highest BCUT2D eigenvalue weighted by molar-refractivity contribution is 5.97. The van der Waals surface area contributed by atoms with Crippen LogP contribution in [0, 0.1) is 5.82 Å². The van der Waals surface area contributed by atoms with E-state index in [1.54, 1.807) is 11.1 Å². The van der Waals surface area contributed by atoms with Crippen LogP contribution in [-0.2, 0) is 0 Å². The molecule has 28 heavy (non-hydrogen) atoms. The summed E-state index contributed by atoms with van der Waals surface area (Å²) < 4.78 is 19.9. The van der Waals surface area contributed by atoms with Gasteiger partial charge in [-0.3, -0.25) is 4.79 Å². The number of nitrogens with two attached hydrogens (primary N) is 1. The van der Waals surface area contributed by atoms with Crippen LogP contribution in [0.15, 0.2) is 30.7 Å². The van der Waals surface area contributed by atoms with E-state index in [9.17, 15) is 9.18 Å². The molecule has 0 radical (unpaired) electrons. The summed E-state index contributed by atoms with van der Waals surface area (Å²) in [6.45, 7) is 7.66. The quantitative estimate of drug-likeness (QED) is 0.820. The molecule has 1 atom stereocenters. The van der Waals surface area contributed by atoms with E-state index < -0.39 is 5.82 Å². The van der Waals surface area contributed by atoms with Crippen LogP contribution in [0.1, 0.15) is 37.6 Å². The van der Waals surface area contributed by atoms with Crippen molar-refractivity contribution in [3.05, 3.63) is 42.1 Å². The monoisotopic (exact) mass is 387 g/mol. The Morgan fingerprint density at radius 3 is 2.86 bits per heavy atom. The summed E-state index contributed by atoms with van der Waals surface area (Å²) in [6, 6.07) is 4.00. The molecule has 7 nitrogen and oxygen atoms in total. The highest BCUT2D eigenvalue weighted by atomic mass is 19.1. The Labute approximate surface area is 164 Å². The normalized spacial score (nSPS) is 16.5. The van der Waals surface area contributed by atoms with Gasteiger partial charge in [-0.2, -0.15) is 0 Å². The lowest BCUT2D eigenvalue weighted by molar-refractivity contribution is 0.0713. The Hall–Kier alpha value is -2.74. The number of amides is 1. The third-order valence-corrected chi connectivity index (χ3v) is 4.80. The van der Waals surface area contributed by atoms with Crippen LogP contribution < -0.4 is 15.4 Å². The van der Waals surface area contributed by atoms with Gasteiger partial charge in [0.1, 0.15) is 17.9 Å². The van der Waals surface area contributed by atoms with Gasteiger partial charge in [-0.15, -0.1) is 0 Å². The molecule has 1 fully saturated rings. The minimum atomic E-state index is -0.495. The molecule has 150 valence electrons. The van der Waals surface area contributed by atoms with E-state index in [-0.39, 0.29) is 29.3 Å². The molecule has 3 rings (SSSR count). The molecule has 0 unspecified atom stereocenters. The van der Waals surface area contributed by atoms with Crippen LogP contribution >= 0.6 is 0 Å². The lowest BCUT2D eigenvalue weighted by Crippen LogP contribution is -2.36. The van der Waals surface area contributed by atoms with E-state index in [1.165, 1.54) is 24.5 Å². The maximum Gasteiger partial charge on any atom is 0.257 e.